The lowest BCUT2D eigenvalue weighted by atomic mass is 9.73. The molecule has 0 fully saturated rings. The number of halogens is 2. The van der Waals surface area contributed by atoms with Gasteiger partial charge in [-0.3, -0.25) is 0 Å². The van der Waals surface area contributed by atoms with Crippen LogP contribution in [-0.4, -0.2) is 0 Å². The quantitative estimate of drug-likeness (QED) is 0.606. The highest BCUT2D eigenvalue weighted by Crippen LogP contribution is 2.45. The minimum atomic E-state index is 0.965. The van der Waals surface area contributed by atoms with Crippen molar-refractivity contribution in [3.63, 3.8) is 0 Å². The van der Waals surface area contributed by atoms with Crippen molar-refractivity contribution >= 4 is 31.9 Å². The molecular weight excluding hydrogens is 376 g/mol. The minimum absolute atomic E-state index is 0.965. The van der Waals surface area contributed by atoms with Crippen molar-refractivity contribution in [2.75, 3.05) is 0 Å². The summed E-state index contributed by atoms with van der Waals surface area (Å²) in [5.41, 5.74) is 12.4. The van der Waals surface area contributed by atoms with Crippen LogP contribution in [0.25, 0.3) is 11.1 Å². The molecule has 0 aromatic heterocycles. The van der Waals surface area contributed by atoms with E-state index in [0.29, 0.717) is 0 Å². The molecule has 0 bridgehead atoms. The Morgan fingerprint density at radius 2 is 1.30 bits per heavy atom. The second-order valence-electron chi connectivity index (χ2n) is 5.75. The fraction of sp³-hybridized carbons (Fsp3) is 0.333. The van der Waals surface area contributed by atoms with E-state index in [1.165, 1.54) is 36.8 Å². The lowest BCUT2D eigenvalue weighted by Gasteiger charge is -2.32. The molecule has 2 aliphatic carbocycles. The normalized spacial score (nSPS) is 15.1. The van der Waals surface area contributed by atoms with Gasteiger partial charge in [-0.05, 0) is 70.2 Å². The van der Waals surface area contributed by atoms with Crippen LogP contribution >= 0.6 is 31.9 Å². The molecule has 0 saturated heterocycles. The number of hydrogen-bond donors (Lipinski definition) is 0. The third kappa shape index (κ3) is 1.77. The van der Waals surface area contributed by atoms with E-state index in [1.807, 2.05) is 0 Å². The number of aryl methyl sites for hydroxylation is 2. The summed E-state index contributed by atoms with van der Waals surface area (Å²) in [6.45, 7) is 0. The van der Waals surface area contributed by atoms with Crippen molar-refractivity contribution in [2.24, 2.45) is 0 Å². The summed E-state index contributed by atoms with van der Waals surface area (Å²) >= 11 is 7.37. The Labute approximate surface area is 136 Å². The summed E-state index contributed by atoms with van der Waals surface area (Å²) in [4.78, 5) is 0. The van der Waals surface area contributed by atoms with Crippen LogP contribution in [0.1, 0.15) is 33.4 Å². The molecule has 0 atom stereocenters. The van der Waals surface area contributed by atoms with E-state index >= 15 is 0 Å². The Morgan fingerprint density at radius 1 is 0.750 bits per heavy atom. The van der Waals surface area contributed by atoms with Crippen LogP contribution in [0.2, 0.25) is 0 Å². The van der Waals surface area contributed by atoms with E-state index in [0.717, 1.165) is 10.7 Å². The van der Waals surface area contributed by atoms with Gasteiger partial charge in [-0.15, -0.1) is 0 Å². The summed E-state index contributed by atoms with van der Waals surface area (Å²) in [6, 6.07) is 9.30. The zero-order valence-corrected chi connectivity index (χ0v) is 14.5. The molecule has 0 heterocycles. The van der Waals surface area contributed by atoms with E-state index in [9.17, 15) is 0 Å². The van der Waals surface area contributed by atoms with Crippen molar-refractivity contribution in [3.05, 3.63) is 57.6 Å². The van der Waals surface area contributed by atoms with Gasteiger partial charge in [0.2, 0.25) is 0 Å². The fourth-order valence-electron chi connectivity index (χ4n) is 3.91. The van der Waals surface area contributed by atoms with E-state index < -0.39 is 0 Å². The maximum atomic E-state index is 3.69. The molecule has 2 aliphatic rings. The average Bonchev–Trinajstić information content (AvgIpc) is 2.52. The van der Waals surface area contributed by atoms with Crippen molar-refractivity contribution in [3.8, 4) is 11.1 Å². The third-order valence-corrected chi connectivity index (χ3v) is 6.00. The van der Waals surface area contributed by atoms with Gasteiger partial charge in [0, 0.05) is 10.7 Å². The van der Waals surface area contributed by atoms with Crippen LogP contribution in [0.5, 0.6) is 0 Å². The largest absolute Gasteiger partial charge is 0.0876 e. The molecule has 2 aromatic rings. The Morgan fingerprint density at radius 3 is 1.80 bits per heavy atom. The van der Waals surface area contributed by atoms with Gasteiger partial charge in [0.15, 0.2) is 0 Å². The van der Waals surface area contributed by atoms with E-state index in [1.54, 1.807) is 33.4 Å². The molecule has 0 nitrogen and oxygen atoms in total. The van der Waals surface area contributed by atoms with Crippen molar-refractivity contribution < 1.29 is 0 Å². The van der Waals surface area contributed by atoms with E-state index in [-0.39, 0.29) is 0 Å². The minimum Gasteiger partial charge on any atom is -0.0876 e. The van der Waals surface area contributed by atoms with Gasteiger partial charge in [-0.25, -0.2) is 0 Å². The van der Waals surface area contributed by atoms with Crippen molar-refractivity contribution in [2.45, 2.75) is 36.3 Å². The fourth-order valence-corrected chi connectivity index (χ4v) is 4.91. The summed E-state index contributed by atoms with van der Waals surface area (Å²) in [5.74, 6) is 0. The monoisotopic (exact) mass is 390 g/mol. The van der Waals surface area contributed by atoms with Gasteiger partial charge in [-0.1, -0.05) is 56.1 Å². The smallest absolute Gasteiger partial charge is 0.0286 e. The summed E-state index contributed by atoms with van der Waals surface area (Å²) in [6.07, 6.45) is 4.79. The maximum absolute atomic E-state index is 3.69. The Hall–Kier alpha value is -0.600. The molecule has 2 aromatic carbocycles. The lowest BCUT2D eigenvalue weighted by Crippen LogP contribution is -2.17. The van der Waals surface area contributed by atoms with Gasteiger partial charge in [-0.2, -0.15) is 0 Å². The molecule has 0 unspecified atom stereocenters. The van der Waals surface area contributed by atoms with E-state index in [2.05, 4.69) is 56.1 Å². The molecule has 102 valence electrons. The molecular formula is C18H16Br2. The Kier molecular flexibility index (Phi) is 3.27. The molecule has 0 radical (unpaired) electrons. The second-order valence-corrected chi connectivity index (χ2v) is 6.87. The van der Waals surface area contributed by atoms with Gasteiger partial charge in [0.05, 0.1) is 0 Å². The van der Waals surface area contributed by atoms with Crippen molar-refractivity contribution in [1.29, 1.82) is 0 Å². The zero-order valence-electron chi connectivity index (χ0n) is 11.3. The maximum Gasteiger partial charge on any atom is 0.0286 e. The van der Waals surface area contributed by atoms with Gasteiger partial charge in [0.25, 0.3) is 0 Å². The summed E-state index contributed by atoms with van der Waals surface area (Å²) in [7, 11) is 0. The molecule has 0 N–H and O–H groups in total. The molecule has 0 spiro atoms. The first-order valence-electron chi connectivity index (χ1n) is 7.23. The van der Waals surface area contributed by atoms with Gasteiger partial charge in [0.1, 0.15) is 0 Å². The lowest BCUT2D eigenvalue weighted by molar-refractivity contribution is 0.862. The van der Waals surface area contributed by atoms with Crippen LogP contribution in [0.15, 0.2) is 24.3 Å². The summed E-state index contributed by atoms with van der Waals surface area (Å²) < 4.78 is 0. The topological polar surface area (TPSA) is 0 Å². The molecule has 0 aliphatic heterocycles. The molecule has 4 rings (SSSR count). The summed E-state index contributed by atoms with van der Waals surface area (Å²) in [5, 5.41) is 1.93. The molecule has 0 amide bonds. The average molecular weight is 392 g/mol. The van der Waals surface area contributed by atoms with Crippen molar-refractivity contribution in [1.82, 2.24) is 0 Å². The van der Waals surface area contributed by atoms with E-state index in [4.69, 9.17) is 0 Å². The number of alkyl halides is 2. The van der Waals surface area contributed by atoms with Crippen LogP contribution in [0.4, 0.5) is 0 Å². The highest BCUT2D eigenvalue weighted by Gasteiger charge is 2.28. The van der Waals surface area contributed by atoms with Crippen LogP contribution < -0.4 is 0 Å². The van der Waals surface area contributed by atoms with Crippen LogP contribution in [0, 0.1) is 0 Å². The molecule has 20 heavy (non-hydrogen) atoms. The van der Waals surface area contributed by atoms with Crippen LogP contribution in [-0.2, 0) is 36.3 Å². The first-order valence-corrected chi connectivity index (χ1v) is 9.47. The SMILES string of the molecule is BrCc1cc(CBr)c2c3c1CCc1cccc(c1-3)CC2. The standard InChI is InChI=1S/C18H16Br2/c19-9-13-8-14(10-20)16-7-5-12-3-1-2-11-4-6-15(13)18(16)17(11)12/h1-3,8H,4-7,9-10H2. The highest BCUT2D eigenvalue weighted by atomic mass is 79.9. The predicted octanol–water partition coefficient (Wildman–Crippen LogP) is 5.34. The van der Waals surface area contributed by atoms with Gasteiger partial charge < -0.3 is 0 Å². The Balaban J connectivity index is 2.11. The third-order valence-electron chi connectivity index (χ3n) is 4.79. The van der Waals surface area contributed by atoms with Crippen LogP contribution in [0.3, 0.4) is 0 Å². The van der Waals surface area contributed by atoms with Gasteiger partial charge >= 0.3 is 0 Å². The number of hydrogen-bond acceptors (Lipinski definition) is 0. The Bertz CT molecular complexity index is 649. The first kappa shape index (κ1) is 13.1. The molecule has 2 heteroatoms. The first-order chi connectivity index (χ1) is 9.83. The molecule has 0 saturated carbocycles. The number of rotatable bonds is 2. The second kappa shape index (κ2) is 4.99. The highest BCUT2D eigenvalue weighted by molar-refractivity contribution is 9.08. The number of benzene rings is 2. The predicted molar refractivity (Wildman–Crippen MR) is 92.0 cm³/mol. The zero-order chi connectivity index (χ0) is 13.7.